The topological polar surface area (TPSA) is 50.2 Å². The summed E-state index contributed by atoms with van der Waals surface area (Å²) in [6.07, 6.45) is 3.45. The molecule has 0 aliphatic rings. The third-order valence-electron chi connectivity index (χ3n) is 9.89. The Hall–Kier alpha value is -2.31. The first-order valence-corrected chi connectivity index (χ1v) is 26.6. The van der Waals surface area contributed by atoms with Crippen LogP contribution in [0.2, 0.25) is 17.3 Å². The summed E-state index contributed by atoms with van der Waals surface area (Å²) in [6, 6.07) is 23.7. The number of nitrogens with zero attached hydrogens (tertiary/aromatic N) is 1. The van der Waals surface area contributed by atoms with Crippen molar-refractivity contribution in [3.63, 3.8) is 0 Å². The molecule has 0 saturated carbocycles. The number of aliphatic hydroxyl groups is 1. The number of thiophene rings is 1. The summed E-state index contributed by atoms with van der Waals surface area (Å²) in [7, 11) is 0. The van der Waals surface area contributed by atoms with E-state index in [0.29, 0.717) is 23.7 Å². The standard InChI is InChI=1S/C28H28GeNS.C17H32O2.Ir/c1-28(2,3)23-17-19(16-18-10-7-8-11-20(18)23)25-27-22(14-15-30-25)21-12-9-13-24(26(21)31-27)29(4,5)6;1-10(2)16(11(3)4)14(18)9-15(19)17(12(5)6)13(7)8;/h7-15,17H,1-6H3;9-13,16-18H,1-8H3;/q-1;;/b;14-9-;. The molecule has 0 spiro atoms. The smallest absolute Gasteiger partial charge is 0.162 e. The Bertz CT molecular complexity index is 1980. The van der Waals surface area contributed by atoms with E-state index in [-0.39, 0.29) is 48.9 Å². The number of benzene rings is 3. The fraction of sp³-hybridized carbons (Fsp3) is 0.467. The number of aliphatic hydroxyl groups excluding tert-OH is 1. The predicted molar refractivity (Wildman–Crippen MR) is 223 cm³/mol. The number of allylic oxidation sites excluding steroid dienone is 2. The van der Waals surface area contributed by atoms with Crippen LogP contribution >= 0.6 is 11.3 Å². The molecule has 0 unspecified atom stereocenters. The molecule has 6 heteroatoms. The normalized spacial score (nSPS) is 12.9. The summed E-state index contributed by atoms with van der Waals surface area (Å²) in [5.74, 6) is 9.06. The zero-order valence-electron chi connectivity index (χ0n) is 33.4. The molecule has 0 amide bonds. The summed E-state index contributed by atoms with van der Waals surface area (Å²) in [4.78, 5) is 17.2. The number of pyridine rings is 1. The molecule has 0 fully saturated rings. The van der Waals surface area contributed by atoms with Gasteiger partial charge in [-0.25, -0.2) is 0 Å². The van der Waals surface area contributed by atoms with Gasteiger partial charge in [-0.05, 0) is 23.7 Å². The third-order valence-corrected chi connectivity index (χ3v) is 15.8. The van der Waals surface area contributed by atoms with Crippen molar-refractivity contribution in [2.45, 2.75) is 98.8 Å². The van der Waals surface area contributed by atoms with Gasteiger partial charge in [0.05, 0.1) is 5.76 Å². The van der Waals surface area contributed by atoms with E-state index in [9.17, 15) is 9.90 Å². The fourth-order valence-corrected chi connectivity index (χ4v) is 13.8. The Morgan fingerprint density at radius 1 is 0.784 bits per heavy atom. The van der Waals surface area contributed by atoms with E-state index in [4.69, 9.17) is 4.98 Å². The van der Waals surface area contributed by atoms with Gasteiger partial charge < -0.3 is 5.11 Å². The Morgan fingerprint density at radius 2 is 1.33 bits per heavy atom. The van der Waals surface area contributed by atoms with Crippen LogP contribution in [0.3, 0.4) is 0 Å². The van der Waals surface area contributed by atoms with Gasteiger partial charge in [0.1, 0.15) is 0 Å². The van der Waals surface area contributed by atoms with Crippen molar-refractivity contribution in [1.82, 2.24) is 4.98 Å². The van der Waals surface area contributed by atoms with Gasteiger partial charge in [-0.1, -0.05) is 55.4 Å². The molecule has 1 N–H and O–H groups in total. The molecule has 277 valence electrons. The van der Waals surface area contributed by atoms with Gasteiger partial charge in [0, 0.05) is 38.0 Å². The molecule has 2 aromatic heterocycles. The largest absolute Gasteiger partial charge is 0.512 e. The average molecular weight is 944 g/mol. The molecule has 3 nitrogen and oxygen atoms in total. The number of aromatic nitrogens is 1. The predicted octanol–water partition coefficient (Wildman–Crippen LogP) is 12.8. The second-order valence-corrected chi connectivity index (χ2v) is 29.1. The summed E-state index contributed by atoms with van der Waals surface area (Å²) < 4.78 is 4.32. The van der Waals surface area contributed by atoms with E-state index in [1.54, 1.807) is 4.40 Å². The minimum Gasteiger partial charge on any atom is -0.512 e. The van der Waals surface area contributed by atoms with Gasteiger partial charge in [-0.2, -0.15) is 0 Å². The van der Waals surface area contributed by atoms with Crippen LogP contribution < -0.4 is 4.40 Å². The Morgan fingerprint density at radius 3 is 1.88 bits per heavy atom. The number of hydrogen-bond acceptors (Lipinski definition) is 4. The van der Waals surface area contributed by atoms with Crippen molar-refractivity contribution in [2.24, 2.45) is 35.5 Å². The van der Waals surface area contributed by atoms with Gasteiger partial charge in [0.25, 0.3) is 0 Å². The monoisotopic (exact) mass is 945 g/mol. The van der Waals surface area contributed by atoms with Gasteiger partial charge in [-0.15, -0.1) is 0 Å². The van der Waals surface area contributed by atoms with Gasteiger partial charge in [0.2, 0.25) is 0 Å². The fourth-order valence-electron chi connectivity index (χ4n) is 7.70. The maximum absolute atomic E-state index is 12.3. The minimum atomic E-state index is -1.99. The quantitative estimate of drug-likeness (QED) is 0.0693. The molecular formula is C45H60GeIrNO2S-. The zero-order valence-corrected chi connectivity index (χ0v) is 38.7. The SMILES string of the molecule is CC(C)(C)c1cc(-c2nccc3c2sc2[c]([Ge]([CH3])([CH3])[CH3])cccc23)[c-]c2ccccc12.CC(C)C(C(=O)/C=C(\O)C(C(C)C)C(C)C)C(C)C.[Ir]. The molecule has 0 atom stereocenters. The van der Waals surface area contributed by atoms with Crippen LogP contribution in [-0.2, 0) is 30.3 Å². The van der Waals surface area contributed by atoms with E-state index in [0.717, 1.165) is 16.6 Å². The second kappa shape index (κ2) is 17.2. The summed E-state index contributed by atoms with van der Waals surface area (Å²) in [6.45, 7) is 23.5. The second-order valence-electron chi connectivity index (χ2n) is 17.5. The van der Waals surface area contributed by atoms with Crippen molar-refractivity contribution in [2.75, 3.05) is 0 Å². The van der Waals surface area contributed by atoms with Crippen LogP contribution in [0.15, 0.2) is 72.6 Å². The zero-order chi connectivity index (χ0) is 37.3. The van der Waals surface area contributed by atoms with E-state index in [1.165, 1.54) is 37.2 Å². The van der Waals surface area contributed by atoms with Crippen LogP contribution in [0.4, 0.5) is 0 Å². The van der Waals surface area contributed by atoms with Crippen molar-refractivity contribution in [3.8, 4) is 11.3 Å². The first kappa shape index (κ1) is 43.1. The molecule has 5 rings (SSSR count). The van der Waals surface area contributed by atoms with E-state index < -0.39 is 13.3 Å². The van der Waals surface area contributed by atoms with E-state index in [1.807, 2.05) is 17.5 Å². The Kier molecular flexibility index (Phi) is 14.6. The Balaban J connectivity index is 0.000000306. The van der Waals surface area contributed by atoms with Gasteiger partial charge in [-0.3, -0.25) is 4.79 Å². The number of carbonyl (C=O) groups excluding carboxylic acids is 1. The van der Waals surface area contributed by atoms with Crippen LogP contribution in [0.5, 0.6) is 0 Å². The maximum Gasteiger partial charge on any atom is 0.162 e. The van der Waals surface area contributed by atoms with Crippen LogP contribution in [0.25, 0.3) is 42.2 Å². The number of rotatable bonds is 9. The van der Waals surface area contributed by atoms with Crippen LogP contribution in [-0.4, -0.2) is 29.1 Å². The Labute approximate surface area is 328 Å². The summed E-state index contributed by atoms with van der Waals surface area (Å²) in [5, 5.41) is 15.4. The molecule has 0 aliphatic heterocycles. The number of carbonyl (C=O) groups is 1. The molecule has 0 saturated heterocycles. The van der Waals surface area contributed by atoms with Crippen molar-refractivity contribution >= 4 is 65.7 Å². The summed E-state index contributed by atoms with van der Waals surface area (Å²) >= 11 is -0.0661. The molecule has 3 aromatic carbocycles. The molecule has 2 heterocycles. The van der Waals surface area contributed by atoms with Crippen molar-refractivity contribution in [3.05, 3.63) is 84.3 Å². The number of fused-ring (bicyclic) bond motifs is 4. The van der Waals surface area contributed by atoms with Crippen molar-refractivity contribution < 1.29 is 30.0 Å². The average Bonchev–Trinajstić information content (AvgIpc) is 3.38. The molecule has 5 aromatic rings. The first-order chi connectivity index (χ1) is 23.2. The van der Waals surface area contributed by atoms with Gasteiger partial charge >= 0.3 is 192 Å². The number of hydrogen-bond donors (Lipinski definition) is 1. The number of ketones is 1. The molecule has 0 aliphatic carbocycles. The van der Waals surface area contributed by atoms with Gasteiger partial charge in [0.15, 0.2) is 5.78 Å². The molecule has 0 bridgehead atoms. The van der Waals surface area contributed by atoms with E-state index in [2.05, 4.69) is 154 Å². The molecule has 1 radical (unpaired) electrons. The molecule has 51 heavy (non-hydrogen) atoms. The molecular weight excluding hydrogens is 883 g/mol. The maximum atomic E-state index is 12.3. The van der Waals surface area contributed by atoms with E-state index >= 15 is 0 Å². The van der Waals surface area contributed by atoms with Crippen LogP contribution in [0, 0.1) is 41.6 Å². The first-order valence-electron chi connectivity index (χ1n) is 18.4. The van der Waals surface area contributed by atoms with Crippen molar-refractivity contribution in [1.29, 1.82) is 0 Å². The third kappa shape index (κ3) is 9.82. The van der Waals surface area contributed by atoms with Crippen LogP contribution in [0.1, 0.15) is 81.7 Å². The minimum absolute atomic E-state index is 0. The summed E-state index contributed by atoms with van der Waals surface area (Å²) in [5.41, 5.74) is 3.55.